The van der Waals surface area contributed by atoms with Crippen LogP contribution in [0.4, 0.5) is 0 Å². The van der Waals surface area contributed by atoms with Gasteiger partial charge in [0.25, 0.3) is 0 Å². The molecule has 1 aromatic heterocycles. The molecule has 0 saturated heterocycles. The highest BCUT2D eigenvalue weighted by Gasteiger charge is 2.07. The molecule has 2 rings (SSSR count). The number of hydrogen-bond donors (Lipinski definition) is 1. The third-order valence-electron chi connectivity index (χ3n) is 2.73. The number of nitrogens with two attached hydrogens (primary N) is 1. The number of hydrogen-bond acceptors (Lipinski definition) is 2. The summed E-state index contributed by atoms with van der Waals surface area (Å²) in [6.07, 6.45) is 5.47. The predicted molar refractivity (Wildman–Crippen MR) is 65.0 cm³/mol. The van der Waals surface area contributed by atoms with Crippen LogP contribution in [-0.4, -0.2) is 15.6 Å². The van der Waals surface area contributed by atoms with Crippen molar-refractivity contribution in [2.24, 2.45) is 12.8 Å². The molecule has 0 saturated carbocycles. The fourth-order valence-corrected chi connectivity index (χ4v) is 1.84. The minimum atomic E-state index is 0.151. The molecule has 0 aliphatic carbocycles. The molecule has 0 aliphatic heterocycles. The molecule has 1 unspecified atom stereocenters. The van der Waals surface area contributed by atoms with Gasteiger partial charge in [-0.1, -0.05) is 30.3 Å². The molecule has 0 spiro atoms. The molecule has 16 heavy (non-hydrogen) atoms. The summed E-state index contributed by atoms with van der Waals surface area (Å²) in [6.45, 7) is 0. The first kappa shape index (κ1) is 10.9. The zero-order chi connectivity index (χ0) is 11.4. The van der Waals surface area contributed by atoms with Crippen LogP contribution < -0.4 is 5.73 Å². The Morgan fingerprint density at radius 1 is 1.25 bits per heavy atom. The van der Waals surface area contributed by atoms with E-state index >= 15 is 0 Å². The molecule has 0 bridgehead atoms. The predicted octanol–water partition coefficient (Wildman–Crippen LogP) is 1.53. The highest BCUT2D eigenvalue weighted by atomic mass is 15.0. The third kappa shape index (κ3) is 2.70. The smallest absolute Gasteiger partial charge is 0.0945 e. The Balaban J connectivity index is 1.95. The second kappa shape index (κ2) is 4.94. The Labute approximate surface area is 95.9 Å². The van der Waals surface area contributed by atoms with E-state index in [0.29, 0.717) is 0 Å². The SMILES string of the molecule is Cn1cncc1CC(N)Cc1ccccc1. The molecule has 2 N–H and O–H groups in total. The molecular formula is C13H17N3. The van der Waals surface area contributed by atoms with Crippen LogP contribution in [0.2, 0.25) is 0 Å². The topological polar surface area (TPSA) is 43.8 Å². The molecule has 1 atom stereocenters. The summed E-state index contributed by atoms with van der Waals surface area (Å²) in [5.74, 6) is 0. The van der Waals surface area contributed by atoms with Gasteiger partial charge >= 0.3 is 0 Å². The Kier molecular flexibility index (Phi) is 3.37. The van der Waals surface area contributed by atoms with E-state index in [2.05, 4.69) is 17.1 Å². The average Bonchev–Trinajstić information content (AvgIpc) is 2.66. The molecule has 0 amide bonds. The van der Waals surface area contributed by atoms with E-state index < -0.39 is 0 Å². The minimum Gasteiger partial charge on any atom is -0.338 e. The van der Waals surface area contributed by atoms with Crippen molar-refractivity contribution in [3.63, 3.8) is 0 Å². The molecule has 2 aromatic rings. The average molecular weight is 215 g/mol. The largest absolute Gasteiger partial charge is 0.338 e. The van der Waals surface area contributed by atoms with Crippen LogP contribution in [0, 0.1) is 0 Å². The summed E-state index contributed by atoms with van der Waals surface area (Å²) in [5, 5.41) is 0. The van der Waals surface area contributed by atoms with Crippen LogP contribution in [0.5, 0.6) is 0 Å². The fourth-order valence-electron chi connectivity index (χ4n) is 1.84. The maximum atomic E-state index is 6.12. The van der Waals surface area contributed by atoms with Crippen molar-refractivity contribution in [2.75, 3.05) is 0 Å². The van der Waals surface area contributed by atoms with Gasteiger partial charge in [-0.05, 0) is 12.0 Å². The zero-order valence-corrected chi connectivity index (χ0v) is 9.50. The van der Waals surface area contributed by atoms with Gasteiger partial charge in [0.1, 0.15) is 0 Å². The summed E-state index contributed by atoms with van der Waals surface area (Å²) >= 11 is 0. The first-order valence-corrected chi connectivity index (χ1v) is 5.50. The lowest BCUT2D eigenvalue weighted by atomic mass is 10.0. The molecule has 1 aromatic carbocycles. The van der Waals surface area contributed by atoms with Gasteiger partial charge in [-0.15, -0.1) is 0 Å². The normalized spacial score (nSPS) is 12.6. The van der Waals surface area contributed by atoms with Crippen molar-refractivity contribution in [3.8, 4) is 0 Å². The molecule has 3 nitrogen and oxygen atoms in total. The van der Waals surface area contributed by atoms with Crippen LogP contribution in [0.15, 0.2) is 42.9 Å². The van der Waals surface area contributed by atoms with Crippen molar-refractivity contribution in [1.29, 1.82) is 0 Å². The van der Waals surface area contributed by atoms with E-state index in [-0.39, 0.29) is 6.04 Å². The number of rotatable bonds is 4. The lowest BCUT2D eigenvalue weighted by Crippen LogP contribution is -2.26. The van der Waals surface area contributed by atoms with Gasteiger partial charge in [-0.2, -0.15) is 0 Å². The Bertz CT molecular complexity index is 433. The van der Waals surface area contributed by atoms with Gasteiger partial charge in [0.2, 0.25) is 0 Å². The maximum absolute atomic E-state index is 6.12. The number of nitrogens with zero attached hydrogens (tertiary/aromatic N) is 2. The first-order valence-electron chi connectivity index (χ1n) is 5.50. The molecule has 0 aliphatic rings. The summed E-state index contributed by atoms with van der Waals surface area (Å²) in [4.78, 5) is 4.09. The van der Waals surface area contributed by atoms with E-state index in [0.717, 1.165) is 12.8 Å². The lowest BCUT2D eigenvalue weighted by molar-refractivity contribution is 0.636. The highest BCUT2D eigenvalue weighted by molar-refractivity contribution is 5.16. The monoisotopic (exact) mass is 215 g/mol. The van der Waals surface area contributed by atoms with Crippen LogP contribution in [0.25, 0.3) is 0 Å². The van der Waals surface area contributed by atoms with Gasteiger partial charge in [0, 0.05) is 31.4 Å². The zero-order valence-electron chi connectivity index (χ0n) is 9.50. The van der Waals surface area contributed by atoms with Gasteiger partial charge in [-0.25, -0.2) is 4.98 Å². The second-order valence-corrected chi connectivity index (χ2v) is 4.15. The molecule has 0 fully saturated rings. The number of aryl methyl sites for hydroxylation is 1. The summed E-state index contributed by atoms with van der Waals surface area (Å²) in [5.41, 5.74) is 8.60. The fraction of sp³-hybridized carbons (Fsp3) is 0.308. The van der Waals surface area contributed by atoms with E-state index in [4.69, 9.17) is 5.73 Å². The third-order valence-corrected chi connectivity index (χ3v) is 2.73. The van der Waals surface area contributed by atoms with Gasteiger partial charge in [-0.3, -0.25) is 0 Å². The Morgan fingerprint density at radius 3 is 2.62 bits per heavy atom. The molecular weight excluding hydrogens is 198 g/mol. The van der Waals surface area contributed by atoms with Crippen molar-refractivity contribution in [2.45, 2.75) is 18.9 Å². The van der Waals surface area contributed by atoms with E-state index in [1.165, 1.54) is 11.3 Å². The van der Waals surface area contributed by atoms with E-state index in [1.807, 2.05) is 42.3 Å². The molecule has 1 heterocycles. The lowest BCUT2D eigenvalue weighted by Gasteiger charge is -2.11. The Morgan fingerprint density at radius 2 is 2.00 bits per heavy atom. The van der Waals surface area contributed by atoms with Crippen molar-refractivity contribution in [1.82, 2.24) is 9.55 Å². The minimum absolute atomic E-state index is 0.151. The van der Waals surface area contributed by atoms with Gasteiger partial charge < -0.3 is 10.3 Å². The summed E-state index contributed by atoms with van der Waals surface area (Å²) in [7, 11) is 2.00. The summed E-state index contributed by atoms with van der Waals surface area (Å²) < 4.78 is 2.02. The number of benzene rings is 1. The van der Waals surface area contributed by atoms with Gasteiger partial charge in [0.15, 0.2) is 0 Å². The molecule has 84 valence electrons. The quantitative estimate of drug-likeness (QED) is 0.840. The van der Waals surface area contributed by atoms with Gasteiger partial charge in [0.05, 0.1) is 6.33 Å². The van der Waals surface area contributed by atoms with E-state index in [9.17, 15) is 0 Å². The summed E-state index contributed by atoms with van der Waals surface area (Å²) in [6, 6.07) is 10.5. The Hall–Kier alpha value is -1.61. The van der Waals surface area contributed by atoms with E-state index in [1.54, 1.807) is 0 Å². The maximum Gasteiger partial charge on any atom is 0.0945 e. The molecule has 3 heteroatoms. The standard InChI is InChI=1S/C13H17N3/c1-16-10-15-9-13(16)8-12(14)7-11-5-3-2-4-6-11/h2-6,9-10,12H,7-8,14H2,1H3. The van der Waals surface area contributed by atoms with Crippen molar-refractivity contribution < 1.29 is 0 Å². The first-order chi connectivity index (χ1) is 7.75. The van der Waals surface area contributed by atoms with Crippen LogP contribution in [0.1, 0.15) is 11.3 Å². The number of imidazole rings is 1. The molecule has 0 radical (unpaired) electrons. The van der Waals surface area contributed by atoms with Crippen molar-refractivity contribution >= 4 is 0 Å². The second-order valence-electron chi connectivity index (χ2n) is 4.15. The van der Waals surface area contributed by atoms with Crippen molar-refractivity contribution in [3.05, 3.63) is 54.1 Å². The number of aromatic nitrogens is 2. The van der Waals surface area contributed by atoms with Crippen LogP contribution in [-0.2, 0) is 19.9 Å². The van der Waals surface area contributed by atoms with Crippen LogP contribution >= 0.6 is 0 Å². The highest BCUT2D eigenvalue weighted by Crippen LogP contribution is 2.06. The van der Waals surface area contributed by atoms with Crippen LogP contribution in [0.3, 0.4) is 0 Å².